The van der Waals surface area contributed by atoms with E-state index in [4.69, 9.17) is 0 Å². The second-order valence-electron chi connectivity index (χ2n) is 7.96. The van der Waals surface area contributed by atoms with Gasteiger partial charge in [0.1, 0.15) is 11.6 Å². The maximum atomic E-state index is 14.9. The number of aromatic nitrogens is 4. The van der Waals surface area contributed by atoms with Crippen molar-refractivity contribution in [1.29, 1.82) is 0 Å². The summed E-state index contributed by atoms with van der Waals surface area (Å²) in [6, 6.07) is 8.84. The topological polar surface area (TPSA) is 70.1 Å². The Labute approximate surface area is 172 Å². The molecule has 0 unspecified atom stereocenters. The van der Waals surface area contributed by atoms with Gasteiger partial charge in [0.05, 0.1) is 27.7 Å². The summed E-state index contributed by atoms with van der Waals surface area (Å²) in [5, 5.41) is 5.69. The number of aromatic amines is 1. The summed E-state index contributed by atoms with van der Waals surface area (Å²) < 4.78 is 16.5. The first-order valence-electron chi connectivity index (χ1n) is 10.0. The van der Waals surface area contributed by atoms with E-state index in [9.17, 15) is 9.18 Å². The molecule has 8 heteroatoms. The van der Waals surface area contributed by atoms with Crippen molar-refractivity contribution < 1.29 is 4.39 Å². The Morgan fingerprint density at radius 3 is 2.57 bits per heavy atom. The largest absolute Gasteiger partial charge is 0.369 e. The predicted molar refractivity (Wildman–Crippen MR) is 116 cm³/mol. The molecule has 0 atom stereocenters. The highest BCUT2D eigenvalue weighted by Crippen LogP contribution is 2.28. The molecule has 1 saturated heterocycles. The van der Waals surface area contributed by atoms with Crippen molar-refractivity contribution in [1.82, 2.24) is 24.6 Å². The summed E-state index contributed by atoms with van der Waals surface area (Å²) in [6.45, 7) is 5.69. The Morgan fingerprint density at radius 2 is 1.80 bits per heavy atom. The van der Waals surface area contributed by atoms with E-state index >= 15 is 0 Å². The summed E-state index contributed by atoms with van der Waals surface area (Å²) >= 11 is 0. The molecule has 1 fully saturated rings. The predicted octanol–water partition coefficient (Wildman–Crippen LogP) is 2.68. The van der Waals surface area contributed by atoms with Gasteiger partial charge in [-0.15, -0.1) is 0 Å². The summed E-state index contributed by atoms with van der Waals surface area (Å²) in [5.41, 5.74) is 3.06. The maximum Gasteiger partial charge on any atom is 0.259 e. The van der Waals surface area contributed by atoms with Crippen LogP contribution in [0, 0.1) is 12.7 Å². The number of hydrogen-bond donors (Lipinski definition) is 1. The quantitative estimate of drug-likeness (QED) is 0.554. The van der Waals surface area contributed by atoms with Gasteiger partial charge < -0.3 is 14.8 Å². The van der Waals surface area contributed by atoms with Crippen molar-refractivity contribution in [2.45, 2.75) is 6.92 Å². The molecular formula is C22H23FN6O. The molecule has 154 valence electrons. The van der Waals surface area contributed by atoms with Gasteiger partial charge in [0.25, 0.3) is 5.56 Å². The standard InChI is InChI=1S/C22H23FN6O/c1-13-15-11-16(18(23)12-20(15)28(3)26-13)21-24-19-5-4-14(10-17(19)22(30)25-21)29-8-6-27(2)7-9-29/h4-5,10-12H,6-9H2,1-3H3,(H,24,25,30). The molecule has 0 radical (unpaired) electrons. The first kappa shape index (κ1) is 18.7. The number of nitrogens with zero attached hydrogens (tertiary/aromatic N) is 5. The second-order valence-corrected chi connectivity index (χ2v) is 7.96. The van der Waals surface area contributed by atoms with Gasteiger partial charge in [-0.25, -0.2) is 9.37 Å². The number of benzene rings is 2. The summed E-state index contributed by atoms with van der Waals surface area (Å²) in [7, 11) is 3.89. The minimum absolute atomic E-state index is 0.225. The van der Waals surface area contributed by atoms with E-state index in [2.05, 4.69) is 31.9 Å². The Hall–Kier alpha value is -3.26. The van der Waals surface area contributed by atoms with E-state index in [-0.39, 0.29) is 16.9 Å². The van der Waals surface area contributed by atoms with Crippen LogP contribution in [0.3, 0.4) is 0 Å². The van der Waals surface area contributed by atoms with Gasteiger partial charge in [0, 0.05) is 50.4 Å². The molecule has 2 aromatic heterocycles. The van der Waals surface area contributed by atoms with E-state index in [1.165, 1.54) is 6.07 Å². The third kappa shape index (κ3) is 3.04. The molecule has 0 saturated carbocycles. The molecule has 1 N–H and O–H groups in total. The zero-order chi connectivity index (χ0) is 21.0. The van der Waals surface area contributed by atoms with E-state index in [0.29, 0.717) is 16.4 Å². The molecule has 5 rings (SSSR count). The third-order valence-corrected chi connectivity index (χ3v) is 5.94. The average Bonchev–Trinajstić information content (AvgIpc) is 3.00. The van der Waals surface area contributed by atoms with Gasteiger partial charge >= 0.3 is 0 Å². The normalized spacial score (nSPS) is 15.4. The van der Waals surface area contributed by atoms with Crippen LogP contribution in [0.4, 0.5) is 10.1 Å². The Balaban J connectivity index is 1.59. The van der Waals surface area contributed by atoms with Gasteiger partial charge in [-0.1, -0.05) is 0 Å². The second kappa shape index (κ2) is 6.91. The molecule has 1 aliphatic rings. The van der Waals surface area contributed by atoms with Crippen LogP contribution in [-0.4, -0.2) is 57.9 Å². The number of anilines is 1. The Kier molecular flexibility index (Phi) is 4.32. The van der Waals surface area contributed by atoms with Crippen molar-refractivity contribution in [3.8, 4) is 11.4 Å². The third-order valence-electron chi connectivity index (χ3n) is 5.94. The number of piperazine rings is 1. The Morgan fingerprint density at radius 1 is 1.03 bits per heavy atom. The molecule has 30 heavy (non-hydrogen) atoms. The monoisotopic (exact) mass is 406 g/mol. The van der Waals surface area contributed by atoms with Crippen LogP contribution in [0.1, 0.15) is 5.69 Å². The lowest BCUT2D eigenvalue weighted by Crippen LogP contribution is -2.44. The molecule has 0 aliphatic carbocycles. The van der Waals surface area contributed by atoms with Crippen LogP contribution in [0.5, 0.6) is 0 Å². The van der Waals surface area contributed by atoms with Crippen LogP contribution >= 0.6 is 0 Å². The van der Waals surface area contributed by atoms with Gasteiger partial charge in [-0.05, 0) is 38.2 Å². The number of nitrogens with one attached hydrogen (secondary N) is 1. The lowest BCUT2D eigenvalue weighted by molar-refractivity contribution is 0.313. The van der Waals surface area contributed by atoms with E-state index in [1.54, 1.807) is 17.8 Å². The van der Waals surface area contributed by atoms with Crippen molar-refractivity contribution in [2.75, 3.05) is 38.1 Å². The fraction of sp³-hybridized carbons (Fsp3) is 0.318. The minimum Gasteiger partial charge on any atom is -0.369 e. The average molecular weight is 406 g/mol. The Bertz CT molecular complexity index is 1330. The van der Waals surface area contributed by atoms with Crippen LogP contribution in [-0.2, 0) is 7.05 Å². The highest BCUT2D eigenvalue weighted by molar-refractivity contribution is 5.88. The number of H-pyrrole nitrogens is 1. The first-order valence-corrected chi connectivity index (χ1v) is 10.0. The number of halogens is 1. The summed E-state index contributed by atoms with van der Waals surface area (Å²) in [6.07, 6.45) is 0. The molecule has 0 bridgehead atoms. The number of likely N-dealkylation sites (N-methyl/N-ethyl adjacent to an activating group) is 1. The van der Waals surface area contributed by atoms with E-state index < -0.39 is 5.82 Å². The molecule has 0 spiro atoms. The van der Waals surface area contributed by atoms with Crippen LogP contribution in [0.2, 0.25) is 0 Å². The zero-order valence-corrected chi connectivity index (χ0v) is 17.2. The van der Waals surface area contributed by atoms with E-state index in [1.807, 2.05) is 25.1 Å². The molecular weight excluding hydrogens is 383 g/mol. The molecule has 1 aliphatic heterocycles. The lowest BCUT2D eigenvalue weighted by atomic mass is 10.1. The van der Waals surface area contributed by atoms with Crippen molar-refractivity contribution in [2.24, 2.45) is 7.05 Å². The van der Waals surface area contributed by atoms with Crippen LogP contribution in [0.15, 0.2) is 35.1 Å². The van der Waals surface area contributed by atoms with Crippen molar-refractivity contribution in [3.63, 3.8) is 0 Å². The van der Waals surface area contributed by atoms with Crippen molar-refractivity contribution >= 4 is 27.5 Å². The van der Waals surface area contributed by atoms with Crippen molar-refractivity contribution in [3.05, 3.63) is 52.2 Å². The molecule has 0 amide bonds. The highest BCUT2D eigenvalue weighted by Gasteiger charge is 2.17. The number of hydrogen-bond acceptors (Lipinski definition) is 5. The zero-order valence-electron chi connectivity index (χ0n) is 17.2. The smallest absolute Gasteiger partial charge is 0.259 e. The summed E-state index contributed by atoms with van der Waals surface area (Å²) in [4.78, 5) is 24.7. The number of fused-ring (bicyclic) bond motifs is 2. The van der Waals surface area contributed by atoms with Gasteiger partial charge in [0.2, 0.25) is 0 Å². The van der Waals surface area contributed by atoms with Crippen LogP contribution in [0.25, 0.3) is 33.2 Å². The number of rotatable bonds is 2. The van der Waals surface area contributed by atoms with Gasteiger partial charge in [-0.2, -0.15) is 5.10 Å². The van der Waals surface area contributed by atoms with E-state index in [0.717, 1.165) is 42.9 Å². The molecule has 7 nitrogen and oxygen atoms in total. The summed E-state index contributed by atoms with van der Waals surface area (Å²) in [5.74, 6) is -0.218. The van der Waals surface area contributed by atoms with Crippen LogP contribution < -0.4 is 10.5 Å². The minimum atomic E-state index is -0.443. The fourth-order valence-electron chi connectivity index (χ4n) is 4.15. The number of aryl methyl sites for hydroxylation is 2. The first-order chi connectivity index (χ1) is 14.4. The van der Waals surface area contributed by atoms with Gasteiger partial charge in [-0.3, -0.25) is 9.48 Å². The molecule has 2 aromatic carbocycles. The maximum absolute atomic E-state index is 14.9. The fourth-order valence-corrected chi connectivity index (χ4v) is 4.15. The lowest BCUT2D eigenvalue weighted by Gasteiger charge is -2.34. The molecule has 3 heterocycles. The highest BCUT2D eigenvalue weighted by atomic mass is 19.1. The SMILES string of the molecule is Cc1nn(C)c2cc(F)c(-c3nc4ccc(N5CCN(C)CC5)cc4c(=O)[nH]3)cc12. The van der Waals surface area contributed by atoms with Gasteiger partial charge in [0.15, 0.2) is 0 Å². The molecule has 4 aromatic rings.